The minimum Gasteiger partial charge on any atom is -0.509 e. The highest BCUT2D eigenvalue weighted by Crippen LogP contribution is 2.14. The standard InChI is InChI=1S/C6H8O4/c7-3-1-4(8)6(10)5(9)2-3/h1-2,4,6-10H. The van der Waals surface area contributed by atoms with Crippen LogP contribution in [0.4, 0.5) is 0 Å². The summed E-state index contributed by atoms with van der Waals surface area (Å²) in [6, 6.07) is 0. The first-order valence-corrected chi connectivity index (χ1v) is 2.78. The molecule has 4 nitrogen and oxygen atoms in total. The largest absolute Gasteiger partial charge is 0.509 e. The molecule has 0 aromatic carbocycles. The molecule has 2 atom stereocenters. The van der Waals surface area contributed by atoms with E-state index in [0.717, 1.165) is 12.2 Å². The van der Waals surface area contributed by atoms with Crippen LogP contribution in [0.1, 0.15) is 0 Å². The van der Waals surface area contributed by atoms with Crippen molar-refractivity contribution in [3.05, 3.63) is 23.7 Å². The van der Waals surface area contributed by atoms with Crippen molar-refractivity contribution < 1.29 is 20.4 Å². The molecule has 0 fully saturated rings. The van der Waals surface area contributed by atoms with Crippen molar-refractivity contribution in [3.8, 4) is 0 Å². The van der Waals surface area contributed by atoms with Gasteiger partial charge in [-0.1, -0.05) is 0 Å². The zero-order valence-corrected chi connectivity index (χ0v) is 5.10. The lowest BCUT2D eigenvalue weighted by Crippen LogP contribution is -2.28. The van der Waals surface area contributed by atoms with Crippen molar-refractivity contribution in [2.45, 2.75) is 12.2 Å². The number of aliphatic hydroxyl groups excluding tert-OH is 4. The van der Waals surface area contributed by atoms with Crippen molar-refractivity contribution >= 4 is 0 Å². The van der Waals surface area contributed by atoms with Gasteiger partial charge >= 0.3 is 0 Å². The van der Waals surface area contributed by atoms with E-state index in [0.29, 0.717) is 0 Å². The van der Waals surface area contributed by atoms with Gasteiger partial charge in [-0.2, -0.15) is 0 Å². The van der Waals surface area contributed by atoms with E-state index in [9.17, 15) is 0 Å². The van der Waals surface area contributed by atoms with Crippen molar-refractivity contribution in [2.24, 2.45) is 0 Å². The minimum absolute atomic E-state index is 0.240. The van der Waals surface area contributed by atoms with Gasteiger partial charge in [-0.15, -0.1) is 0 Å². The molecule has 0 aromatic heterocycles. The fraction of sp³-hybridized carbons (Fsp3) is 0.333. The molecule has 10 heavy (non-hydrogen) atoms. The molecule has 0 saturated carbocycles. The number of allylic oxidation sites excluding steroid dienone is 1. The van der Waals surface area contributed by atoms with E-state index in [1.54, 1.807) is 0 Å². The normalized spacial score (nSPS) is 33.0. The molecule has 2 unspecified atom stereocenters. The average Bonchev–Trinajstić information content (AvgIpc) is 1.82. The summed E-state index contributed by atoms with van der Waals surface area (Å²) < 4.78 is 0. The third kappa shape index (κ3) is 1.12. The monoisotopic (exact) mass is 144 g/mol. The fourth-order valence-electron chi connectivity index (χ4n) is 0.726. The first-order valence-electron chi connectivity index (χ1n) is 2.78. The van der Waals surface area contributed by atoms with Gasteiger partial charge in [-0.3, -0.25) is 0 Å². The summed E-state index contributed by atoms with van der Waals surface area (Å²) in [6.45, 7) is 0. The molecule has 4 N–H and O–H groups in total. The van der Waals surface area contributed by atoms with E-state index in [1.807, 2.05) is 0 Å². The highest BCUT2D eigenvalue weighted by Gasteiger charge is 2.22. The Hall–Kier alpha value is -1.00. The molecule has 4 heteroatoms. The van der Waals surface area contributed by atoms with Crippen LogP contribution in [0.5, 0.6) is 0 Å². The van der Waals surface area contributed by atoms with E-state index in [-0.39, 0.29) is 5.76 Å². The van der Waals surface area contributed by atoms with Crippen LogP contribution < -0.4 is 0 Å². The van der Waals surface area contributed by atoms with Crippen LogP contribution in [0.3, 0.4) is 0 Å². The molecule has 0 aliphatic heterocycles. The van der Waals surface area contributed by atoms with Gasteiger partial charge < -0.3 is 20.4 Å². The average molecular weight is 144 g/mol. The highest BCUT2D eigenvalue weighted by molar-refractivity contribution is 5.24. The SMILES string of the molecule is OC1=CC(O)C(O)C(O)=C1. The quantitative estimate of drug-likeness (QED) is 0.373. The molecule has 1 aliphatic rings. The zero-order chi connectivity index (χ0) is 7.72. The lowest BCUT2D eigenvalue weighted by molar-refractivity contribution is 0.0398. The third-order valence-electron chi connectivity index (χ3n) is 1.26. The summed E-state index contributed by atoms with van der Waals surface area (Å²) in [4.78, 5) is 0. The molecule has 0 spiro atoms. The van der Waals surface area contributed by atoms with Crippen molar-refractivity contribution in [3.63, 3.8) is 0 Å². The predicted molar refractivity (Wildman–Crippen MR) is 33.4 cm³/mol. The van der Waals surface area contributed by atoms with Crippen LogP contribution in [-0.4, -0.2) is 32.6 Å². The van der Waals surface area contributed by atoms with Crippen molar-refractivity contribution in [1.29, 1.82) is 0 Å². The van der Waals surface area contributed by atoms with Crippen LogP contribution >= 0.6 is 0 Å². The van der Waals surface area contributed by atoms with E-state index < -0.39 is 18.0 Å². The molecule has 1 aliphatic carbocycles. The van der Waals surface area contributed by atoms with Gasteiger partial charge in [-0.25, -0.2) is 0 Å². The maximum absolute atomic E-state index is 8.84. The Balaban J connectivity index is 2.85. The molecule has 0 aromatic rings. The fourth-order valence-corrected chi connectivity index (χ4v) is 0.726. The van der Waals surface area contributed by atoms with E-state index >= 15 is 0 Å². The molecular weight excluding hydrogens is 136 g/mol. The van der Waals surface area contributed by atoms with Gasteiger partial charge in [0.1, 0.15) is 23.7 Å². The number of aliphatic hydroxyl groups is 4. The maximum Gasteiger partial charge on any atom is 0.140 e. The van der Waals surface area contributed by atoms with Crippen molar-refractivity contribution in [1.82, 2.24) is 0 Å². The molecule has 0 amide bonds. The van der Waals surface area contributed by atoms with Gasteiger partial charge in [-0.05, 0) is 6.08 Å². The van der Waals surface area contributed by atoms with Crippen LogP contribution in [0, 0.1) is 0 Å². The summed E-state index contributed by atoms with van der Waals surface area (Å²) in [5.41, 5.74) is 0. The van der Waals surface area contributed by atoms with Gasteiger partial charge in [0.2, 0.25) is 0 Å². The summed E-state index contributed by atoms with van der Waals surface area (Å²) in [5, 5.41) is 35.2. The van der Waals surface area contributed by atoms with Gasteiger partial charge in [0, 0.05) is 6.08 Å². The van der Waals surface area contributed by atoms with Crippen LogP contribution in [0.2, 0.25) is 0 Å². The number of hydrogen-bond donors (Lipinski definition) is 4. The molecule has 0 heterocycles. The Morgan fingerprint density at radius 1 is 1.20 bits per heavy atom. The summed E-state index contributed by atoms with van der Waals surface area (Å²) in [7, 11) is 0. The molecule has 56 valence electrons. The van der Waals surface area contributed by atoms with Crippen LogP contribution in [0.15, 0.2) is 23.7 Å². The Bertz CT molecular complexity index is 194. The van der Waals surface area contributed by atoms with Gasteiger partial charge in [0.15, 0.2) is 0 Å². The molecule has 0 saturated heterocycles. The molecule has 1 rings (SSSR count). The van der Waals surface area contributed by atoms with Crippen LogP contribution in [-0.2, 0) is 0 Å². The second-order valence-corrected chi connectivity index (χ2v) is 2.10. The topological polar surface area (TPSA) is 80.9 Å². The first kappa shape index (κ1) is 7.11. The minimum atomic E-state index is -1.31. The molecular formula is C6H8O4. The Labute approximate surface area is 57.4 Å². The Morgan fingerprint density at radius 3 is 2.30 bits per heavy atom. The summed E-state index contributed by atoms with van der Waals surface area (Å²) in [6.07, 6.45) is -0.497. The maximum atomic E-state index is 8.84. The van der Waals surface area contributed by atoms with Crippen molar-refractivity contribution in [2.75, 3.05) is 0 Å². The third-order valence-corrected chi connectivity index (χ3v) is 1.26. The Kier molecular flexibility index (Phi) is 1.65. The van der Waals surface area contributed by atoms with Gasteiger partial charge in [0.05, 0.1) is 0 Å². The van der Waals surface area contributed by atoms with E-state index in [2.05, 4.69) is 0 Å². The summed E-state index contributed by atoms with van der Waals surface area (Å²) >= 11 is 0. The second kappa shape index (κ2) is 2.32. The number of hydrogen-bond acceptors (Lipinski definition) is 4. The molecule has 0 radical (unpaired) electrons. The lowest BCUT2D eigenvalue weighted by atomic mass is 10.1. The Morgan fingerprint density at radius 2 is 1.80 bits per heavy atom. The highest BCUT2D eigenvalue weighted by atomic mass is 16.4. The predicted octanol–water partition coefficient (Wildman–Crippen LogP) is -0.394. The molecule has 0 bridgehead atoms. The second-order valence-electron chi connectivity index (χ2n) is 2.10. The first-order chi connectivity index (χ1) is 4.61. The van der Waals surface area contributed by atoms with Crippen LogP contribution in [0.25, 0.3) is 0 Å². The smallest absolute Gasteiger partial charge is 0.140 e. The lowest BCUT2D eigenvalue weighted by Gasteiger charge is -2.17. The van der Waals surface area contributed by atoms with Gasteiger partial charge in [0.25, 0.3) is 0 Å². The van der Waals surface area contributed by atoms with E-state index in [1.165, 1.54) is 0 Å². The zero-order valence-electron chi connectivity index (χ0n) is 5.10. The summed E-state index contributed by atoms with van der Waals surface area (Å²) in [5.74, 6) is -0.664. The number of rotatable bonds is 0. The van der Waals surface area contributed by atoms with E-state index in [4.69, 9.17) is 20.4 Å².